The molecule has 2 fully saturated rings. The molecule has 5 rings (SSSR count). The van der Waals surface area contributed by atoms with Gasteiger partial charge in [0.15, 0.2) is 0 Å². The molecule has 0 aromatic heterocycles. The van der Waals surface area contributed by atoms with Crippen LogP contribution in [0, 0.1) is 0 Å². The van der Waals surface area contributed by atoms with E-state index in [4.69, 9.17) is 14.2 Å². The van der Waals surface area contributed by atoms with Crippen molar-refractivity contribution in [2.75, 3.05) is 0 Å². The van der Waals surface area contributed by atoms with Crippen molar-refractivity contribution >= 4 is 11.8 Å². The van der Waals surface area contributed by atoms with Gasteiger partial charge in [0.1, 0.15) is 23.7 Å². The van der Waals surface area contributed by atoms with E-state index in [-0.39, 0.29) is 11.5 Å². The van der Waals surface area contributed by atoms with E-state index in [0.717, 1.165) is 16.0 Å². The lowest BCUT2D eigenvalue weighted by Gasteiger charge is -2.38. The lowest BCUT2D eigenvalue weighted by atomic mass is 9.97. The average Bonchev–Trinajstić information content (AvgIpc) is 3.22. The topological polar surface area (TPSA) is 47.9 Å². The fourth-order valence-corrected chi connectivity index (χ4v) is 5.30. The molecule has 0 aliphatic carbocycles. The average molecular weight is 421 g/mol. The summed E-state index contributed by atoms with van der Waals surface area (Å²) >= 11 is 1.60. The Kier molecular flexibility index (Phi) is 5.39. The summed E-state index contributed by atoms with van der Waals surface area (Å²) < 4.78 is 19.5. The van der Waals surface area contributed by atoms with E-state index in [2.05, 4.69) is 12.1 Å². The lowest BCUT2D eigenvalue weighted by molar-refractivity contribution is -0.162. The van der Waals surface area contributed by atoms with Gasteiger partial charge in [-0.25, -0.2) is 0 Å². The summed E-state index contributed by atoms with van der Waals surface area (Å²) in [5.74, 6) is -1.10. The van der Waals surface area contributed by atoms with E-state index in [1.165, 1.54) is 0 Å². The zero-order chi connectivity index (χ0) is 20.6. The lowest BCUT2D eigenvalue weighted by Crippen LogP contribution is -2.54. The van der Waals surface area contributed by atoms with Gasteiger partial charge in [-0.3, -0.25) is 0 Å². The van der Waals surface area contributed by atoms with Gasteiger partial charge in [-0.15, -0.1) is 0 Å². The first-order valence-corrected chi connectivity index (χ1v) is 11.1. The molecule has 5 heteroatoms. The first-order chi connectivity index (χ1) is 14.7. The fraction of sp³-hybridized carbons (Fsp3) is 0.280. The zero-order valence-electron chi connectivity index (χ0n) is 16.6. The summed E-state index contributed by atoms with van der Waals surface area (Å²) in [5.41, 5.74) is 1.49. The van der Waals surface area contributed by atoms with Crippen LogP contribution in [0.25, 0.3) is 0 Å². The fourth-order valence-electron chi connectivity index (χ4n) is 4.14. The molecule has 154 valence electrons. The molecule has 30 heavy (non-hydrogen) atoms. The van der Waals surface area contributed by atoms with Gasteiger partial charge in [-0.05, 0) is 19.1 Å². The van der Waals surface area contributed by atoms with E-state index >= 15 is 0 Å². The van der Waals surface area contributed by atoms with Gasteiger partial charge in [0.2, 0.25) is 5.79 Å². The smallest absolute Gasteiger partial charge is 0.223 e. The number of thioether (sulfide) groups is 1. The van der Waals surface area contributed by atoms with Gasteiger partial charge in [0.05, 0.1) is 6.10 Å². The predicted octanol–water partition coefficient (Wildman–Crippen LogP) is 4.57. The van der Waals surface area contributed by atoms with E-state index in [1.807, 2.05) is 85.8 Å². The SMILES string of the molecule is C[C@@H]1O[C@@H](Sc2ccccc2)[C@@H]2OC(c3ccccc3)(c3ccccc3)O[C@@H]2[C@H]1O. The summed E-state index contributed by atoms with van der Waals surface area (Å²) in [6.45, 7) is 1.88. The zero-order valence-corrected chi connectivity index (χ0v) is 17.4. The van der Waals surface area contributed by atoms with Crippen LogP contribution < -0.4 is 0 Å². The molecule has 3 aromatic rings. The maximum absolute atomic E-state index is 10.9. The maximum Gasteiger partial charge on any atom is 0.223 e. The molecular formula is C25H24O4S. The van der Waals surface area contributed by atoms with Crippen molar-refractivity contribution in [3.05, 3.63) is 102 Å². The van der Waals surface area contributed by atoms with Gasteiger partial charge in [0, 0.05) is 16.0 Å². The molecule has 2 saturated heterocycles. The van der Waals surface area contributed by atoms with Gasteiger partial charge in [0.25, 0.3) is 0 Å². The number of rotatable bonds is 4. The maximum atomic E-state index is 10.9. The predicted molar refractivity (Wildman–Crippen MR) is 116 cm³/mol. The molecule has 2 aliphatic rings. The summed E-state index contributed by atoms with van der Waals surface area (Å²) in [6, 6.07) is 29.9. The Balaban J connectivity index is 1.55. The van der Waals surface area contributed by atoms with Crippen LogP contribution in [0.1, 0.15) is 18.1 Å². The Labute approximate surface area is 180 Å². The highest BCUT2D eigenvalue weighted by molar-refractivity contribution is 7.99. The molecule has 2 aliphatic heterocycles. The Hall–Kier alpha value is -2.15. The van der Waals surface area contributed by atoms with Crippen molar-refractivity contribution in [2.45, 2.75) is 47.5 Å². The molecule has 0 bridgehead atoms. The third-order valence-electron chi connectivity index (χ3n) is 5.67. The van der Waals surface area contributed by atoms with Crippen LogP contribution in [0.5, 0.6) is 0 Å². The minimum Gasteiger partial charge on any atom is -0.388 e. The first-order valence-electron chi connectivity index (χ1n) is 10.2. The highest BCUT2D eigenvalue weighted by Gasteiger charge is 2.58. The van der Waals surface area contributed by atoms with Crippen LogP contribution >= 0.6 is 11.8 Å². The third-order valence-corrected chi connectivity index (χ3v) is 6.82. The molecule has 0 amide bonds. The number of ether oxygens (including phenoxy) is 3. The number of benzene rings is 3. The van der Waals surface area contributed by atoms with Crippen molar-refractivity contribution in [1.29, 1.82) is 0 Å². The van der Waals surface area contributed by atoms with Crippen LogP contribution in [0.15, 0.2) is 95.9 Å². The van der Waals surface area contributed by atoms with Crippen LogP contribution in [0.3, 0.4) is 0 Å². The molecule has 5 atom stereocenters. The van der Waals surface area contributed by atoms with Gasteiger partial charge in [-0.2, -0.15) is 0 Å². The highest BCUT2D eigenvalue weighted by Crippen LogP contribution is 2.49. The van der Waals surface area contributed by atoms with Crippen molar-refractivity contribution < 1.29 is 19.3 Å². The summed E-state index contributed by atoms with van der Waals surface area (Å²) in [4.78, 5) is 1.09. The molecule has 0 saturated carbocycles. The number of hydrogen-bond acceptors (Lipinski definition) is 5. The minimum atomic E-state index is -1.10. The quantitative estimate of drug-likeness (QED) is 0.670. The molecule has 4 nitrogen and oxygen atoms in total. The van der Waals surface area contributed by atoms with Crippen LogP contribution in [-0.4, -0.2) is 35.0 Å². The second kappa shape index (κ2) is 8.17. The monoisotopic (exact) mass is 420 g/mol. The molecule has 0 radical (unpaired) electrons. The largest absolute Gasteiger partial charge is 0.388 e. The van der Waals surface area contributed by atoms with E-state index in [9.17, 15) is 5.11 Å². The van der Waals surface area contributed by atoms with Gasteiger partial charge >= 0.3 is 0 Å². The van der Waals surface area contributed by atoms with E-state index in [1.54, 1.807) is 11.8 Å². The Bertz CT molecular complexity index is 927. The molecule has 0 unspecified atom stereocenters. The number of hydrogen-bond donors (Lipinski definition) is 1. The number of aliphatic hydroxyl groups excluding tert-OH is 1. The second-order valence-electron chi connectivity index (χ2n) is 7.64. The number of aliphatic hydroxyl groups is 1. The van der Waals surface area contributed by atoms with Crippen molar-refractivity contribution in [3.8, 4) is 0 Å². The summed E-state index contributed by atoms with van der Waals surface area (Å²) in [5, 5.41) is 10.9. The molecule has 0 spiro atoms. The van der Waals surface area contributed by atoms with Crippen molar-refractivity contribution in [3.63, 3.8) is 0 Å². The van der Waals surface area contributed by atoms with E-state index in [0.29, 0.717) is 0 Å². The Morgan fingerprint density at radius 3 is 1.80 bits per heavy atom. The molecule has 2 heterocycles. The third kappa shape index (κ3) is 3.47. The molecular weight excluding hydrogens is 396 g/mol. The summed E-state index contributed by atoms with van der Waals surface area (Å²) in [6.07, 6.45) is -2.08. The summed E-state index contributed by atoms with van der Waals surface area (Å²) in [7, 11) is 0. The normalized spacial score (nSPS) is 30.0. The Morgan fingerprint density at radius 1 is 0.733 bits per heavy atom. The van der Waals surface area contributed by atoms with E-state index < -0.39 is 24.1 Å². The van der Waals surface area contributed by atoms with Crippen LogP contribution in [0.4, 0.5) is 0 Å². The van der Waals surface area contributed by atoms with Gasteiger partial charge < -0.3 is 19.3 Å². The van der Waals surface area contributed by atoms with Crippen molar-refractivity contribution in [2.24, 2.45) is 0 Å². The standard InChI is InChI=1S/C25H24O4S/c1-17-21(26)22-23(24(27-17)30-20-15-9-4-10-16-20)29-25(28-22,18-11-5-2-6-12-18)19-13-7-3-8-14-19/h2-17,21-24,26H,1H3/t17-,21-,22+,23+,24-/m0/s1. The van der Waals surface area contributed by atoms with Crippen LogP contribution in [0.2, 0.25) is 0 Å². The molecule has 3 aromatic carbocycles. The first kappa shape index (κ1) is 19.8. The second-order valence-corrected chi connectivity index (χ2v) is 8.82. The molecule has 1 N–H and O–H groups in total. The Morgan fingerprint density at radius 2 is 1.23 bits per heavy atom. The van der Waals surface area contributed by atoms with Crippen LogP contribution in [-0.2, 0) is 20.0 Å². The minimum absolute atomic E-state index is 0.301. The highest BCUT2D eigenvalue weighted by atomic mass is 32.2. The number of fused-ring (bicyclic) bond motifs is 1. The van der Waals surface area contributed by atoms with Crippen molar-refractivity contribution in [1.82, 2.24) is 0 Å². The van der Waals surface area contributed by atoms with Gasteiger partial charge in [-0.1, -0.05) is 90.6 Å².